The Hall–Kier alpha value is -0.310. The van der Waals surface area contributed by atoms with Crippen molar-refractivity contribution in [2.45, 2.75) is 51.6 Å². The molecule has 1 atom stereocenters. The maximum Gasteiger partial charge on any atom is 0.0979 e. The summed E-state index contributed by atoms with van der Waals surface area (Å²) in [5.41, 5.74) is 1.48. The number of hydrogen-bond acceptors (Lipinski definition) is 2. The largest absolute Gasteiger partial charge is 0.498 e. The van der Waals surface area contributed by atoms with E-state index in [1.54, 1.807) is 0 Å². The zero-order valence-corrected chi connectivity index (χ0v) is 10.9. The monoisotopic (exact) mass is 242 g/mol. The Morgan fingerprint density at radius 1 is 1.31 bits per heavy atom. The number of hydrogen-bond donors (Lipinski definition) is 0. The van der Waals surface area contributed by atoms with E-state index in [0.717, 1.165) is 24.3 Å². The fraction of sp³-hybridized carbons (Fsp3) is 0.846. The lowest BCUT2D eigenvalue weighted by Gasteiger charge is -2.26. The van der Waals surface area contributed by atoms with E-state index in [-0.39, 0.29) is 0 Å². The molecular weight excluding hydrogens is 220 g/mol. The first-order chi connectivity index (χ1) is 7.75. The molecule has 0 amide bonds. The molecule has 0 N–H and O–H groups in total. The van der Waals surface area contributed by atoms with E-state index in [9.17, 15) is 4.21 Å². The quantitative estimate of drug-likeness (QED) is 0.711. The Labute approximate surface area is 101 Å². The molecule has 2 nitrogen and oxygen atoms in total. The van der Waals surface area contributed by atoms with Crippen molar-refractivity contribution in [2.75, 3.05) is 11.5 Å². The van der Waals surface area contributed by atoms with Crippen LogP contribution >= 0.6 is 0 Å². The molecule has 0 aromatic heterocycles. The molecule has 0 spiro atoms. The normalized spacial score (nSPS) is 32.4. The molecule has 1 aliphatic heterocycles. The zero-order chi connectivity index (χ0) is 11.4. The van der Waals surface area contributed by atoms with Crippen LogP contribution in [0.5, 0.6) is 0 Å². The summed E-state index contributed by atoms with van der Waals surface area (Å²) in [6.45, 7) is 2.16. The second-order valence-corrected chi connectivity index (χ2v) is 6.71. The summed E-state index contributed by atoms with van der Waals surface area (Å²) in [5.74, 6) is 2.35. The Morgan fingerprint density at radius 3 is 2.56 bits per heavy atom. The standard InChI is InChI=1S/C13H22O2S/c1-11(13-6-8-16(14)9-7-13)15-10-12-4-2-3-5-12/h10-11,13H,2-9H2,1H3. The topological polar surface area (TPSA) is 26.3 Å². The van der Waals surface area contributed by atoms with Crippen LogP contribution < -0.4 is 0 Å². The first-order valence-corrected chi connectivity index (χ1v) is 7.93. The smallest absolute Gasteiger partial charge is 0.0979 e. The van der Waals surface area contributed by atoms with Crippen LogP contribution in [0.4, 0.5) is 0 Å². The van der Waals surface area contributed by atoms with Gasteiger partial charge in [0.2, 0.25) is 0 Å². The molecule has 16 heavy (non-hydrogen) atoms. The lowest BCUT2D eigenvalue weighted by molar-refractivity contribution is 0.0950. The van der Waals surface area contributed by atoms with Gasteiger partial charge in [0.05, 0.1) is 12.4 Å². The summed E-state index contributed by atoms with van der Waals surface area (Å²) in [6, 6.07) is 0. The van der Waals surface area contributed by atoms with Gasteiger partial charge in [-0.1, -0.05) is 0 Å². The highest BCUT2D eigenvalue weighted by atomic mass is 32.2. The molecule has 0 radical (unpaired) electrons. The SMILES string of the molecule is CC(OC=C1CCCC1)C1CCS(=O)CC1. The molecule has 2 aliphatic rings. The molecule has 1 aliphatic carbocycles. The van der Waals surface area contributed by atoms with Crippen LogP contribution in [0.2, 0.25) is 0 Å². The van der Waals surface area contributed by atoms with Gasteiger partial charge in [0, 0.05) is 22.3 Å². The van der Waals surface area contributed by atoms with E-state index in [1.165, 1.54) is 31.3 Å². The van der Waals surface area contributed by atoms with E-state index in [0.29, 0.717) is 12.0 Å². The van der Waals surface area contributed by atoms with E-state index in [4.69, 9.17) is 4.74 Å². The van der Waals surface area contributed by atoms with Crippen molar-refractivity contribution in [1.29, 1.82) is 0 Å². The van der Waals surface area contributed by atoms with Crippen molar-refractivity contribution < 1.29 is 8.95 Å². The summed E-state index contributed by atoms with van der Waals surface area (Å²) in [4.78, 5) is 0. The number of ether oxygens (including phenoxy) is 1. The Morgan fingerprint density at radius 2 is 1.94 bits per heavy atom. The molecular formula is C13H22O2S. The van der Waals surface area contributed by atoms with Gasteiger partial charge in [-0.3, -0.25) is 4.21 Å². The molecule has 0 bridgehead atoms. The molecule has 0 aromatic rings. The summed E-state index contributed by atoms with van der Waals surface area (Å²) in [7, 11) is -0.554. The van der Waals surface area contributed by atoms with Gasteiger partial charge in [-0.2, -0.15) is 0 Å². The Kier molecular flexibility index (Phi) is 4.45. The van der Waals surface area contributed by atoms with Crippen LogP contribution in [0.3, 0.4) is 0 Å². The first-order valence-electron chi connectivity index (χ1n) is 6.44. The second-order valence-electron chi connectivity index (χ2n) is 5.01. The van der Waals surface area contributed by atoms with Gasteiger partial charge in [0.1, 0.15) is 0 Å². The van der Waals surface area contributed by atoms with E-state index in [1.807, 2.05) is 6.26 Å². The van der Waals surface area contributed by atoms with Crippen LogP contribution in [0.25, 0.3) is 0 Å². The molecule has 1 saturated carbocycles. The highest BCUT2D eigenvalue weighted by Gasteiger charge is 2.23. The molecule has 2 rings (SSSR count). The molecule has 2 fully saturated rings. The molecule has 92 valence electrons. The summed E-state index contributed by atoms with van der Waals surface area (Å²) in [6.07, 6.45) is 9.53. The Balaban J connectivity index is 1.76. The third-order valence-electron chi connectivity index (χ3n) is 3.79. The lowest BCUT2D eigenvalue weighted by Crippen LogP contribution is -2.27. The van der Waals surface area contributed by atoms with Crippen molar-refractivity contribution in [1.82, 2.24) is 0 Å². The first kappa shape index (κ1) is 12.2. The molecule has 3 heteroatoms. The number of rotatable bonds is 3. The highest BCUT2D eigenvalue weighted by molar-refractivity contribution is 7.85. The van der Waals surface area contributed by atoms with Crippen molar-refractivity contribution in [2.24, 2.45) is 5.92 Å². The minimum absolute atomic E-state index is 0.297. The van der Waals surface area contributed by atoms with Gasteiger partial charge in [-0.25, -0.2) is 0 Å². The third-order valence-corrected chi connectivity index (χ3v) is 5.17. The average molecular weight is 242 g/mol. The van der Waals surface area contributed by atoms with Crippen LogP contribution in [-0.2, 0) is 15.5 Å². The van der Waals surface area contributed by atoms with Crippen molar-refractivity contribution in [3.05, 3.63) is 11.8 Å². The van der Waals surface area contributed by atoms with E-state index < -0.39 is 10.8 Å². The van der Waals surface area contributed by atoms with Crippen molar-refractivity contribution in [3.63, 3.8) is 0 Å². The summed E-state index contributed by atoms with van der Waals surface area (Å²) < 4.78 is 17.1. The molecule has 1 saturated heterocycles. The van der Waals surface area contributed by atoms with Crippen LogP contribution in [0.15, 0.2) is 11.8 Å². The van der Waals surface area contributed by atoms with E-state index >= 15 is 0 Å². The molecule has 1 heterocycles. The van der Waals surface area contributed by atoms with Crippen molar-refractivity contribution >= 4 is 10.8 Å². The Bertz CT molecular complexity index is 268. The van der Waals surface area contributed by atoms with Gasteiger partial charge in [0.15, 0.2) is 0 Å². The van der Waals surface area contributed by atoms with Gasteiger partial charge in [-0.15, -0.1) is 0 Å². The van der Waals surface area contributed by atoms with E-state index in [2.05, 4.69) is 6.92 Å². The van der Waals surface area contributed by atoms with Gasteiger partial charge in [0.25, 0.3) is 0 Å². The van der Waals surface area contributed by atoms with Crippen molar-refractivity contribution in [3.8, 4) is 0 Å². The minimum Gasteiger partial charge on any atom is -0.498 e. The van der Waals surface area contributed by atoms with Crippen LogP contribution in [0, 0.1) is 5.92 Å². The minimum atomic E-state index is -0.554. The summed E-state index contributed by atoms with van der Waals surface area (Å²) >= 11 is 0. The predicted molar refractivity (Wildman–Crippen MR) is 67.7 cm³/mol. The maximum atomic E-state index is 11.3. The molecule has 0 aromatic carbocycles. The highest BCUT2D eigenvalue weighted by Crippen LogP contribution is 2.26. The van der Waals surface area contributed by atoms with Crippen LogP contribution in [0.1, 0.15) is 45.4 Å². The lowest BCUT2D eigenvalue weighted by atomic mass is 9.97. The number of allylic oxidation sites excluding steroid dienone is 1. The van der Waals surface area contributed by atoms with Gasteiger partial charge < -0.3 is 4.74 Å². The second kappa shape index (κ2) is 5.85. The maximum absolute atomic E-state index is 11.3. The zero-order valence-electron chi connectivity index (χ0n) is 10.1. The predicted octanol–water partition coefficient (Wildman–Crippen LogP) is 3.01. The summed E-state index contributed by atoms with van der Waals surface area (Å²) in [5, 5.41) is 0. The average Bonchev–Trinajstić information content (AvgIpc) is 2.80. The molecule has 1 unspecified atom stereocenters. The fourth-order valence-corrected chi connectivity index (χ4v) is 3.88. The van der Waals surface area contributed by atoms with Crippen LogP contribution in [-0.4, -0.2) is 21.8 Å². The third kappa shape index (κ3) is 3.34. The fourth-order valence-electron chi connectivity index (χ4n) is 2.54. The van der Waals surface area contributed by atoms with Gasteiger partial charge in [-0.05, 0) is 56.9 Å². The van der Waals surface area contributed by atoms with Gasteiger partial charge >= 0.3 is 0 Å².